The summed E-state index contributed by atoms with van der Waals surface area (Å²) in [6.07, 6.45) is 1.44. The van der Waals surface area contributed by atoms with Crippen LogP contribution in [0.15, 0.2) is 6.20 Å². The summed E-state index contributed by atoms with van der Waals surface area (Å²) >= 11 is 0. The molecule has 0 aliphatic rings. The molecule has 0 saturated carbocycles. The van der Waals surface area contributed by atoms with E-state index < -0.39 is 12.0 Å². The van der Waals surface area contributed by atoms with Crippen LogP contribution in [-0.2, 0) is 22.5 Å². The zero-order valence-corrected chi connectivity index (χ0v) is 9.55. The average molecular weight is 241 g/mol. The number of aromatic nitrogens is 3. The Morgan fingerprint density at radius 3 is 3.00 bits per heavy atom. The van der Waals surface area contributed by atoms with Crippen LogP contribution in [0.2, 0.25) is 0 Å². The molecule has 0 spiro atoms. The molecule has 17 heavy (non-hydrogen) atoms. The van der Waals surface area contributed by atoms with Crippen molar-refractivity contribution in [1.82, 2.24) is 20.3 Å². The molecule has 0 aliphatic heterocycles. The van der Waals surface area contributed by atoms with Crippen molar-refractivity contribution in [3.05, 3.63) is 11.9 Å². The van der Waals surface area contributed by atoms with Crippen molar-refractivity contribution in [2.75, 3.05) is 13.2 Å². The van der Waals surface area contributed by atoms with Gasteiger partial charge in [-0.05, 0) is 13.5 Å². The standard InChI is InChI=1S/C9H15N5O3/c1-2-17-9(16)11-8(15)6-14-5-7(3-4-10)12-13-14/h5H,2-4,6,10H2,1H3,(H,11,15,16). The average Bonchev–Trinajstić information content (AvgIpc) is 2.66. The first kappa shape index (κ1) is 13.1. The molecule has 0 bridgehead atoms. The van der Waals surface area contributed by atoms with Gasteiger partial charge in [0.05, 0.1) is 12.3 Å². The first-order valence-electron chi connectivity index (χ1n) is 5.21. The van der Waals surface area contributed by atoms with Crippen molar-refractivity contribution in [2.24, 2.45) is 5.73 Å². The summed E-state index contributed by atoms with van der Waals surface area (Å²) in [6.45, 7) is 2.24. The molecule has 3 N–H and O–H groups in total. The quantitative estimate of drug-likeness (QED) is 0.687. The lowest BCUT2D eigenvalue weighted by Gasteiger charge is -2.03. The second-order valence-corrected chi connectivity index (χ2v) is 3.21. The summed E-state index contributed by atoms with van der Waals surface area (Å²) < 4.78 is 5.89. The molecular weight excluding hydrogens is 226 g/mol. The van der Waals surface area contributed by atoms with Crippen molar-refractivity contribution < 1.29 is 14.3 Å². The number of ether oxygens (including phenoxy) is 1. The third-order valence-corrected chi connectivity index (χ3v) is 1.81. The maximum absolute atomic E-state index is 11.3. The minimum atomic E-state index is -0.764. The monoisotopic (exact) mass is 241 g/mol. The van der Waals surface area contributed by atoms with Crippen LogP contribution < -0.4 is 11.1 Å². The minimum absolute atomic E-state index is 0.0869. The van der Waals surface area contributed by atoms with Gasteiger partial charge in [0.1, 0.15) is 6.54 Å². The Hall–Kier alpha value is -1.96. The van der Waals surface area contributed by atoms with Gasteiger partial charge in [-0.2, -0.15) is 0 Å². The lowest BCUT2D eigenvalue weighted by Crippen LogP contribution is -2.33. The number of alkyl carbamates (subject to hydrolysis) is 1. The first-order chi connectivity index (χ1) is 8.15. The summed E-state index contributed by atoms with van der Waals surface area (Å²) in [5.74, 6) is -0.507. The summed E-state index contributed by atoms with van der Waals surface area (Å²) in [5, 5.41) is 9.59. The molecule has 0 saturated heterocycles. The van der Waals surface area contributed by atoms with Gasteiger partial charge in [0.15, 0.2) is 0 Å². The summed E-state index contributed by atoms with van der Waals surface area (Å²) in [5.41, 5.74) is 6.06. The number of rotatable bonds is 5. The van der Waals surface area contributed by atoms with Crippen LogP contribution in [0.3, 0.4) is 0 Å². The Kier molecular flexibility index (Phi) is 5.08. The number of nitrogens with two attached hydrogens (primary N) is 1. The number of nitrogens with zero attached hydrogens (tertiary/aromatic N) is 3. The molecule has 0 unspecified atom stereocenters. The van der Waals surface area contributed by atoms with E-state index in [0.29, 0.717) is 18.7 Å². The van der Waals surface area contributed by atoms with E-state index in [9.17, 15) is 9.59 Å². The number of carbonyl (C=O) groups excluding carboxylic acids is 2. The molecule has 0 fully saturated rings. The van der Waals surface area contributed by atoms with Crippen LogP contribution in [0.25, 0.3) is 0 Å². The fourth-order valence-electron chi connectivity index (χ4n) is 1.15. The number of hydrogen-bond donors (Lipinski definition) is 2. The van der Waals surface area contributed by atoms with E-state index >= 15 is 0 Å². The van der Waals surface area contributed by atoms with E-state index in [4.69, 9.17) is 5.73 Å². The number of amides is 2. The molecule has 0 aromatic carbocycles. The molecule has 1 rings (SSSR count). The third kappa shape index (κ3) is 4.60. The van der Waals surface area contributed by atoms with Gasteiger partial charge in [-0.25, -0.2) is 9.48 Å². The highest BCUT2D eigenvalue weighted by atomic mass is 16.5. The molecular formula is C9H15N5O3. The maximum atomic E-state index is 11.3. The van der Waals surface area contributed by atoms with Crippen molar-refractivity contribution in [1.29, 1.82) is 0 Å². The normalized spacial score (nSPS) is 10.0. The molecule has 1 heterocycles. The zero-order chi connectivity index (χ0) is 12.7. The van der Waals surface area contributed by atoms with Crippen molar-refractivity contribution in [3.63, 3.8) is 0 Å². The Balaban J connectivity index is 2.41. The van der Waals surface area contributed by atoms with Gasteiger partial charge in [0.25, 0.3) is 5.91 Å². The lowest BCUT2D eigenvalue weighted by atomic mass is 10.3. The van der Waals surface area contributed by atoms with Crippen molar-refractivity contribution in [3.8, 4) is 0 Å². The van der Waals surface area contributed by atoms with Gasteiger partial charge in [-0.3, -0.25) is 10.1 Å². The summed E-state index contributed by atoms with van der Waals surface area (Å²) in [6, 6.07) is 0. The van der Waals surface area contributed by atoms with E-state index in [2.05, 4.69) is 20.4 Å². The predicted molar refractivity (Wildman–Crippen MR) is 57.9 cm³/mol. The van der Waals surface area contributed by atoms with E-state index in [-0.39, 0.29) is 13.2 Å². The van der Waals surface area contributed by atoms with Crippen molar-refractivity contribution >= 4 is 12.0 Å². The highest BCUT2D eigenvalue weighted by Crippen LogP contribution is 1.93. The minimum Gasteiger partial charge on any atom is -0.450 e. The molecule has 8 nitrogen and oxygen atoms in total. The van der Waals surface area contributed by atoms with Crippen LogP contribution in [0.1, 0.15) is 12.6 Å². The van der Waals surface area contributed by atoms with Gasteiger partial charge >= 0.3 is 6.09 Å². The molecule has 94 valence electrons. The lowest BCUT2D eigenvalue weighted by molar-refractivity contribution is -0.121. The molecule has 1 aromatic rings. The third-order valence-electron chi connectivity index (χ3n) is 1.81. The molecule has 2 amide bonds. The van der Waals surface area contributed by atoms with Crippen LogP contribution in [-0.4, -0.2) is 40.1 Å². The largest absolute Gasteiger partial charge is 0.450 e. The fourth-order valence-corrected chi connectivity index (χ4v) is 1.15. The second-order valence-electron chi connectivity index (χ2n) is 3.21. The van der Waals surface area contributed by atoms with Crippen LogP contribution in [0.4, 0.5) is 4.79 Å². The number of carbonyl (C=O) groups is 2. The molecule has 8 heteroatoms. The Labute approximate surface area is 98.1 Å². The Morgan fingerprint density at radius 1 is 1.59 bits per heavy atom. The van der Waals surface area contributed by atoms with Gasteiger partial charge in [-0.15, -0.1) is 5.10 Å². The van der Waals surface area contributed by atoms with Gasteiger partial charge in [0.2, 0.25) is 0 Å². The smallest absolute Gasteiger partial charge is 0.413 e. The van der Waals surface area contributed by atoms with Gasteiger partial charge in [-0.1, -0.05) is 5.21 Å². The topological polar surface area (TPSA) is 112 Å². The SMILES string of the molecule is CCOC(=O)NC(=O)Cn1cc(CCN)nn1. The number of imide groups is 1. The Morgan fingerprint density at radius 2 is 2.35 bits per heavy atom. The van der Waals surface area contributed by atoms with E-state index in [1.54, 1.807) is 13.1 Å². The van der Waals surface area contributed by atoms with Crippen molar-refractivity contribution in [2.45, 2.75) is 19.9 Å². The highest BCUT2D eigenvalue weighted by molar-refractivity contribution is 5.91. The number of hydrogen-bond acceptors (Lipinski definition) is 6. The predicted octanol–water partition coefficient (Wildman–Crippen LogP) is -0.948. The summed E-state index contributed by atoms with van der Waals surface area (Å²) in [7, 11) is 0. The zero-order valence-electron chi connectivity index (χ0n) is 9.55. The van der Waals surface area contributed by atoms with E-state index in [1.807, 2.05) is 0 Å². The van der Waals surface area contributed by atoms with Gasteiger partial charge < -0.3 is 10.5 Å². The fraction of sp³-hybridized carbons (Fsp3) is 0.556. The Bertz CT molecular complexity index is 390. The maximum Gasteiger partial charge on any atom is 0.413 e. The first-order valence-corrected chi connectivity index (χ1v) is 5.21. The van der Waals surface area contributed by atoms with Crippen LogP contribution in [0, 0.1) is 0 Å². The van der Waals surface area contributed by atoms with E-state index in [1.165, 1.54) is 4.68 Å². The molecule has 0 aliphatic carbocycles. The summed E-state index contributed by atoms with van der Waals surface area (Å²) in [4.78, 5) is 22.3. The van der Waals surface area contributed by atoms with Gasteiger partial charge in [0, 0.05) is 12.6 Å². The molecule has 0 radical (unpaired) electrons. The number of nitrogens with one attached hydrogen (secondary N) is 1. The second kappa shape index (κ2) is 6.59. The van der Waals surface area contributed by atoms with Crippen LogP contribution in [0.5, 0.6) is 0 Å². The molecule has 1 aromatic heterocycles. The van der Waals surface area contributed by atoms with Crippen LogP contribution >= 0.6 is 0 Å². The highest BCUT2D eigenvalue weighted by Gasteiger charge is 2.10. The molecule has 0 atom stereocenters. The van der Waals surface area contributed by atoms with E-state index in [0.717, 1.165) is 0 Å².